The smallest absolute Gasteiger partial charge is 0.303 e. The third-order valence-electron chi connectivity index (χ3n) is 8.07. The van der Waals surface area contributed by atoms with Crippen molar-refractivity contribution in [3.05, 3.63) is 0 Å². The minimum Gasteiger partial charge on any atom is -0.481 e. The summed E-state index contributed by atoms with van der Waals surface area (Å²) in [4.78, 5) is 23.6. The summed E-state index contributed by atoms with van der Waals surface area (Å²) < 4.78 is 0. The highest BCUT2D eigenvalue weighted by Gasteiger charge is 2.62. The predicted octanol–water partition coefficient (Wildman–Crippen LogP) is 4.05. The Balaban J connectivity index is 1.65. The van der Waals surface area contributed by atoms with E-state index in [9.17, 15) is 14.7 Å². The molecule has 2 unspecified atom stereocenters. The number of carbonyl (C=O) groups excluding carboxylic acids is 1. The van der Waals surface area contributed by atoms with Gasteiger partial charge in [0, 0.05) is 18.8 Å². The molecule has 3 heteroatoms. The zero-order valence-corrected chi connectivity index (χ0v) is 13.6. The van der Waals surface area contributed by atoms with Crippen LogP contribution < -0.4 is 0 Å². The molecule has 122 valence electrons. The molecule has 1 N–H and O–H groups in total. The van der Waals surface area contributed by atoms with Crippen molar-refractivity contribution in [1.29, 1.82) is 0 Å². The van der Waals surface area contributed by atoms with E-state index in [1.807, 2.05) is 0 Å². The number of hydrogen-bond donors (Lipinski definition) is 1. The molecule has 0 amide bonds. The molecule has 0 heterocycles. The second kappa shape index (κ2) is 4.82. The van der Waals surface area contributed by atoms with E-state index in [4.69, 9.17) is 0 Å². The van der Waals surface area contributed by atoms with E-state index in [1.54, 1.807) is 0 Å². The van der Waals surface area contributed by atoms with Crippen LogP contribution in [-0.4, -0.2) is 16.9 Å². The molecule has 4 saturated carbocycles. The number of carboxylic acids is 1. The van der Waals surface area contributed by atoms with Crippen LogP contribution in [0.15, 0.2) is 0 Å². The first-order valence-corrected chi connectivity index (χ1v) is 9.19. The van der Waals surface area contributed by atoms with Gasteiger partial charge in [0.1, 0.15) is 5.78 Å². The molecule has 0 aromatic carbocycles. The van der Waals surface area contributed by atoms with Gasteiger partial charge in [-0.3, -0.25) is 9.59 Å². The first-order valence-electron chi connectivity index (χ1n) is 9.19. The SMILES string of the molecule is C[C@@]12CCC[C@H](CC(=O)O)[C@H]1CCC13CC(=O)C(CC[C@H]12)C3. The summed E-state index contributed by atoms with van der Waals surface area (Å²) >= 11 is 0. The maximum atomic E-state index is 12.3. The molecule has 3 nitrogen and oxygen atoms in total. The van der Waals surface area contributed by atoms with Crippen LogP contribution in [0.3, 0.4) is 0 Å². The minimum absolute atomic E-state index is 0.284. The van der Waals surface area contributed by atoms with E-state index < -0.39 is 5.97 Å². The van der Waals surface area contributed by atoms with Crippen molar-refractivity contribution in [3.8, 4) is 0 Å². The van der Waals surface area contributed by atoms with E-state index in [1.165, 1.54) is 25.7 Å². The van der Waals surface area contributed by atoms with Gasteiger partial charge in [-0.25, -0.2) is 0 Å². The monoisotopic (exact) mass is 304 g/mol. The van der Waals surface area contributed by atoms with Crippen LogP contribution in [-0.2, 0) is 9.59 Å². The summed E-state index contributed by atoms with van der Waals surface area (Å²) in [5.74, 6) is 1.85. The standard InChI is InChI=1S/C19H28O3/c1-18-7-2-3-12(9-17(21)22)14(18)6-8-19-10-13(15(20)11-19)4-5-16(18)19/h12-14,16H,2-11H2,1H3,(H,21,22)/t12-,13?,14-,16+,18-,19?/m1/s1. The molecule has 1 spiro atoms. The Morgan fingerprint density at radius 3 is 2.82 bits per heavy atom. The van der Waals surface area contributed by atoms with Gasteiger partial charge in [0.2, 0.25) is 0 Å². The van der Waals surface area contributed by atoms with Crippen molar-refractivity contribution < 1.29 is 14.7 Å². The Bertz CT molecular complexity index is 513. The molecule has 4 aliphatic carbocycles. The summed E-state index contributed by atoms with van der Waals surface area (Å²) in [6, 6.07) is 0. The Morgan fingerprint density at radius 2 is 2.05 bits per heavy atom. The highest BCUT2D eigenvalue weighted by Crippen LogP contribution is 2.69. The first kappa shape index (κ1) is 14.7. The molecule has 22 heavy (non-hydrogen) atoms. The predicted molar refractivity (Wildman–Crippen MR) is 83.3 cm³/mol. The van der Waals surface area contributed by atoms with Crippen molar-refractivity contribution in [1.82, 2.24) is 0 Å². The molecule has 0 aliphatic heterocycles. The molecule has 0 aromatic heterocycles. The van der Waals surface area contributed by atoms with Crippen LogP contribution in [0, 0.1) is 34.5 Å². The molecule has 4 fully saturated rings. The van der Waals surface area contributed by atoms with Gasteiger partial charge in [0.05, 0.1) is 0 Å². The second-order valence-corrected chi connectivity index (χ2v) is 8.94. The van der Waals surface area contributed by atoms with Crippen molar-refractivity contribution in [2.75, 3.05) is 0 Å². The maximum Gasteiger partial charge on any atom is 0.303 e. The summed E-state index contributed by atoms with van der Waals surface area (Å²) in [6.45, 7) is 2.44. The summed E-state index contributed by atoms with van der Waals surface area (Å²) in [5.41, 5.74) is 0.572. The normalized spacial score (nSPS) is 50.3. The van der Waals surface area contributed by atoms with Crippen molar-refractivity contribution in [2.45, 2.75) is 71.1 Å². The van der Waals surface area contributed by atoms with Crippen LogP contribution in [0.2, 0.25) is 0 Å². The third-order valence-corrected chi connectivity index (χ3v) is 8.07. The van der Waals surface area contributed by atoms with Gasteiger partial charge in [-0.15, -0.1) is 0 Å². The molecular weight excluding hydrogens is 276 g/mol. The van der Waals surface area contributed by atoms with E-state index in [0.29, 0.717) is 35.9 Å². The average Bonchev–Trinajstić information content (AvgIpc) is 2.67. The van der Waals surface area contributed by atoms with Gasteiger partial charge in [0.15, 0.2) is 0 Å². The summed E-state index contributed by atoms with van der Waals surface area (Å²) in [7, 11) is 0. The largest absolute Gasteiger partial charge is 0.481 e. The molecule has 0 radical (unpaired) electrons. The zero-order valence-electron chi connectivity index (χ0n) is 13.6. The van der Waals surface area contributed by atoms with Crippen LogP contribution >= 0.6 is 0 Å². The quantitative estimate of drug-likeness (QED) is 0.837. The Kier molecular flexibility index (Phi) is 3.22. The number of hydrogen-bond acceptors (Lipinski definition) is 2. The van der Waals surface area contributed by atoms with Gasteiger partial charge in [-0.05, 0) is 73.5 Å². The van der Waals surface area contributed by atoms with Crippen LogP contribution in [0.1, 0.15) is 71.1 Å². The number of carbonyl (C=O) groups is 2. The lowest BCUT2D eigenvalue weighted by atomic mass is 9.43. The lowest BCUT2D eigenvalue weighted by Crippen LogP contribution is -2.54. The molecule has 4 rings (SSSR count). The van der Waals surface area contributed by atoms with Gasteiger partial charge >= 0.3 is 5.97 Å². The summed E-state index contributed by atoms with van der Waals surface area (Å²) in [5, 5.41) is 9.27. The summed E-state index contributed by atoms with van der Waals surface area (Å²) in [6.07, 6.45) is 10.5. The topological polar surface area (TPSA) is 54.4 Å². The number of aliphatic carboxylic acids is 1. The first-order chi connectivity index (χ1) is 10.4. The number of ketones is 1. The van der Waals surface area contributed by atoms with E-state index in [0.717, 1.165) is 32.1 Å². The molecular formula is C19H28O3. The van der Waals surface area contributed by atoms with Crippen molar-refractivity contribution in [3.63, 3.8) is 0 Å². The van der Waals surface area contributed by atoms with E-state index >= 15 is 0 Å². The fourth-order valence-corrected chi connectivity index (χ4v) is 7.34. The van der Waals surface area contributed by atoms with E-state index in [2.05, 4.69) is 6.92 Å². The van der Waals surface area contributed by atoms with Crippen molar-refractivity contribution >= 4 is 11.8 Å². The zero-order chi connectivity index (χ0) is 15.5. The molecule has 4 aliphatic rings. The second-order valence-electron chi connectivity index (χ2n) is 8.94. The van der Waals surface area contributed by atoms with Crippen LogP contribution in [0.4, 0.5) is 0 Å². The molecule has 6 atom stereocenters. The number of carboxylic acid groups (broad SMARTS) is 1. The Labute approximate surface area is 132 Å². The molecule has 0 saturated heterocycles. The minimum atomic E-state index is -0.630. The van der Waals surface area contributed by atoms with Gasteiger partial charge in [-0.1, -0.05) is 13.3 Å². The van der Waals surface area contributed by atoms with Gasteiger partial charge < -0.3 is 5.11 Å². The molecule has 0 aromatic rings. The highest BCUT2D eigenvalue weighted by atomic mass is 16.4. The Morgan fingerprint density at radius 1 is 1.23 bits per heavy atom. The van der Waals surface area contributed by atoms with Gasteiger partial charge in [-0.2, -0.15) is 0 Å². The fourth-order valence-electron chi connectivity index (χ4n) is 7.34. The Hall–Kier alpha value is -0.860. The lowest BCUT2D eigenvalue weighted by molar-refractivity contribution is -0.146. The number of rotatable bonds is 2. The highest BCUT2D eigenvalue weighted by molar-refractivity contribution is 5.84. The number of fused-ring (bicyclic) bond motifs is 3. The van der Waals surface area contributed by atoms with E-state index in [-0.39, 0.29) is 10.8 Å². The average molecular weight is 304 g/mol. The number of Topliss-reactive ketones (excluding diaryl/α,β-unsaturated/α-hetero) is 1. The van der Waals surface area contributed by atoms with Crippen LogP contribution in [0.5, 0.6) is 0 Å². The fraction of sp³-hybridized carbons (Fsp3) is 0.895. The van der Waals surface area contributed by atoms with Crippen LogP contribution in [0.25, 0.3) is 0 Å². The van der Waals surface area contributed by atoms with Crippen molar-refractivity contribution in [2.24, 2.45) is 34.5 Å². The maximum absolute atomic E-state index is 12.3. The lowest BCUT2D eigenvalue weighted by Gasteiger charge is -2.61. The van der Waals surface area contributed by atoms with Gasteiger partial charge in [0.25, 0.3) is 0 Å². The third kappa shape index (κ3) is 1.93. The molecule has 2 bridgehead atoms.